The number of halogens is 6. The van der Waals surface area contributed by atoms with E-state index in [4.69, 9.17) is 11.6 Å². The minimum absolute atomic E-state index is 0.300. The van der Waals surface area contributed by atoms with E-state index in [-0.39, 0.29) is 5.02 Å². The van der Waals surface area contributed by atoms with Crippen LogP contribution in [-0.2, 0) is 12.1 Å². The highest BCUT2D eigenvalue weighted by atomic mass is 35.5. The highest BCUT2D eigenvalue weighted by molar-refractivity contribution is 6.31. The van der Waals surface area contributed by atoms with Gasteiger partial charge >= 0.3 is 12.1 Å². The Bertz CT molecular complexity index is 1070. The highest BCUT2D eigenvalue weighted by Gasteiger charge is 2.52. The molecule has 2 aromatic rings. The third-order valence-electron chi connectivity index (χ3n) is 4.82. The highest BCUT2D eigenvalue weighted by Crippen LogP contribution is 2.41. The molecule has 1 aromatic carbocycles. The van der Waals surface area contributed by atoms with Crippen molar-refractivity contribution < 1.29 is 26.7 Å². The predicted molar refractivity (Wildman–Crippen MR) is 106 cm³/mol. The van der Waals surface area contributed by atoms with Gasteiger partial charge in [0.25, 0.3) is 5.91 Å². The average molecular weight is 457 g/mol. The van der Waals surface area contributed by atoms with Crippen molar-refractivity contribution in [3.8, 4) is 11.8 Å². The van der Waals surface area contributed by atoms with Crippen LogP contribution in [0, 0.1) is 17.8 Å². The summed E-state index contributed by atoms with van der Waals surface area (Å²) in [7, 11) is 0. The van der Waals surface area contributed by atoms with Crippen molar-refractivity contribution in [2.24, 2.45) is 5.92 Å². The molecule has 0 spiro atoms. The quantitative estimate of drug-likeness (QED) is 0.465. The number of alkyl halides is 5. The largest absolute Gasteiger partial charge is 0.417 e. The van der Waals surface area contributed by atoms with Crippen LogP contribution < -0.4 is 5.32 Å². The van der Waals surface area contributed by atoms with Crippen LogP contribution in [0.2, 0.25) is 5.02 Å². The number of nitrogens with zero attached hydrogens (tertiary/aromatic N) is 1. The summed E-state index contributed by atoms with van der Waals surface area (Å²) in [5, 5.41) is 1.64. The summed E-state index contributed by atoms with van der Waals surface area (Å²) in [5.41, 5.74) is -4.72. The molecule has 1 N–H and O–H groups in total. The van der Waals surface area contributed by atoms with Crippen molar-refractivity contribution in [2.75, 3.05) is 0 Å². The summed E-state index contributed by atoms with van der Waals surface area (Å²) in [6.45, 7) is 1.97. The van der Waals surface area contributed by atoms with E-state index in [0.29, 0.717) is 17.5 Å². The predicted octanol–water partition coefficient (Wildman–Crippen LogP) is 5.82. The summed E-state index contributed by atoms with van der Waals surface area (Å²) in [6.07, 6.45) is -1.67. The Hall–Kier alpha value is -2.66. The molecule has 164 valence electrons. The van der Waals surface area contributed by atoms with Gasteiger partial charge in [0.05, 0.1) is 16.1 Å². The third-order valence-corrected chi connectivity index (χ3v) is 5.11. The lowest BCUT2D eigenvalue weighted by molar-refractivity contribution is -0.138. The molecule has 1 saturated carbocycles. The number of amides is 1. The lowest BCUT2D eigenvalue weighted by Crippen LogP contribution is -2.55. The second-order valence-corrected chi connectivity index (χ2v) is 8.20. The molecular weight excluding hydrogens is 439 g/mol. The van der Waals surface area contributed by atoms with E-state index in [2.05, 4.69) is 16.8 Å². The van der Waals surface area contributed by atoms with Gasteiger partial charge in [-0.05, 0) is 44.9 Å². The Labute approximate surface area is 181 Å². The van der Waals surface area contributed by atoms with Gasteiger partial charge in [0, 0.05) is 17.7 Å². The van der Waals surface area contributed by atoms with Crippen LogP contribution in [0.25, 0.3) is 0 Å². The van der Waals surface area contributed by atoms with E-state index >= 15 is 8.78 Å². The van der Waals surface area contributed by atoms with E-state index in [9.17, 15) is 18.0 Å². The van der Waals surface area contributed by atoms with Crippen molar-refractivity contribution in [3.63, 3.8) is 0 Å². The number of rotatable bonds is 4. The molecule has 1 fully saturated rings. The Morgan fingerprint density at radius 2 is 1.81 bits per heavy atom. The number of pyridine rings is 1. The first-order valence-electron chi connectivity index (χ1n) is 9.37. The SMILES string of the molecule is CC(C)(NC(=O)c1ccccc1C(F)(F)F)C(F)(F)c1ncc(C#CC2CC2)cc1Cl. The Morgan fingerprint density at radius 1 is 1.16 bits per heavy atom. The molecule has 1 heterocycles. The number of nitrogens with one attached hydrogen (secondary N) is 1. The van der Waals surface area contributed by atoms with E-state index in [1.165, 1.54) is 12.1 Å². The first kappa shape index (κ1) is 23.0. The molecule has 0 radical (unpaired) electrons. The Balaban J connectivity index is 1.87. The average Bonchev–Trinajstić information content (AvgIpc) is 3.49. The molecule has 0 aliphatic heterocycles. The molecular formula is C22H18ClF5N2O. The van der Waals surface area contributed by atoms with Crippen molar-refractivity contribution in [1.82, 2.24) is 10.3 Å². The zero-order chi connectivity index (χ0) is 23.0. The summed E-state index contributed by atoms with van der Waals surface area (Å²) in [4.78, 5) is 16.2. The first-order valence-corrected chi connectivity index (χ1v) is 9.75. The third kappa shape index (κ3) is 4.99. The van der Waals surface area contributed by atoms with Gasteiger partial charge in [-0.1, -0.05) is 35.6 Å². The van der Waals surface area contributed by atoms with Crippen LogP contribution >= 0.6 is 11.6 Å². The van der Waals surface area contributed by atoms with Gasteiger partial charge in [-0.3, -0.25) is 9.78 Å². The van der Waals surface area contributed by atoms with Gasteiger partial charge in [-0.2, -0.15) is 22.0 Å². The van der Waals surface area contributed by atoms with E-state index in [1.54, 1.807) is 0 Å². The topological polar surface area (TPSA) is 42.0 Å². The maximum Gasteiger partial charge on any atom is 0.417 e. The van der Waals surface area contributed by atoms with Gasteiger partial charge in [-0.15, -0.1) is 0 Å². The summed E-state index contributed by atoms with van der Waals surface area (Å²) < 4.78 is 70.0. The molecule has 1 aromatic heterocycles. The van der Waals surface area contributed by atoms with Crippen LogP contribution in [0.1, 0.15) is 53.9 Å². The Kier molecular flexibility index (Phi) is 6.03. The van der Waals surface area contributed by atoms with E-state index < -0.39 is 40.4 Å². The molecule has 9 heteroatoms. The molecule has 1 aliphatic carbocycles. The van der Waals surface area contributed by atoms with Crippen LogP contribution in [0.5, 0.6) is 0 Å². The fourth-order valence-electron chi connectivity index (χ4n) is 2.80. The van der Waals surface area contributed by atoms with Crippen molar-refractivity contribution in [2.45, 2.75) is 44.3 Å². The number of hydrogen-bond donors (Lipinski definition) is 1. The molecule has 0 saturated heterocycles. The molecule has 31 heavy (non-hydrogen) atoms. The van der Waals surface area contributed by atoms with Crippen LogP contribution in [-0.4, -0.2) is 16.4 Å². The van der Waals surface area contributed by atoms with Crippen LogP contribution in [0.3, 0.4) is 0 Å². The zero-order valence-corrected chi connectivity index (χ0v) is 17.3. The van der Waals surface area contributed by atoms with Crippen molar-refractivity contribution >= 4 is 17.5 Å². The molecule has 1 aliphatic rings. The summed E-state index contributed by atoms with van der Waals surface area (Å²) >= 11 is 6.02. The molecule has 3 rings (SSSR count). The van der Waals surface area contributed by atoms with E-state index in [1.807, 2.05) is 5.32 Å². The van der Waals surface area contributed by atoms with Gasteiger partial charge in [-0.25, -0.2) is 0 Å². The number of carbonyl (C=O) groups excluding carboxylic acids is 1. The van der Waals surface area contributed by atoms with Crippen LogP contribution in [0.4, 0.5) is 22.0 Å². The minimum Gasteiger partial charge on any atom is -0.341 e. The smallest absolute Gasteiger partial charge is 0.341 e. The second kappa shape index (κ2) is 8.12. The zero-order valence-electron chi connectivity index (χ0n) is 16.6. The molecule has 3 nitrogen and oxygen atoms in total. The van der Waals surface area contributed by atoms with Crippen molar-refractivity contribution in [1.29, 1.82) is 0 Å². The van der Waals surface area contributed by atoms with Gasteiger partial charge < -0.3 is 5.32 Å². The first-order chi connectivity index (χ1) is 14.3. The van der Waals surface area contributed by atoms with Gasteiger partial charge in [0.15, 0.2) is 0 Å². The number of aromatic nitrogens is 1. The van der Waals surface area contributed by atoms with Gasteiger partial charge in [0.1, 0.15) is 11.2 Å². The lowest BCUT2D eigenvalue weighted by atomic mass is 9.91. The van der Waals surface area contributed by atoms with Gasteiger partial charge in [0.2, 0.25) is 0 Å². The molecule has 0 bridgehead atoms. The number of benzene rings is 1. The molecule has 1 amide bonds. The monoisotopic (exact) mass is 456 g/mol. The lowest BCUT2D eigenvalue weighted by Gasteiger charge is -2.35. The fourth-order valence-corrected chi connectivity index (χ4v) is 3.09. The molecule has 0 atom stereocenters. The number of carbonyl (C=O) groups is 1. The standard InChI is InChI=1S/C22H18ClF5N2O/c1-20(2,30-19(31)15-5-3-4-6-16(15)22(26,27)28)21(24,25)18-17(23)11-14(12-29-18)10-9-13-7-8-13/h3-6,11-13H,7-8H2,1-2H3,(H,30,31). The normalized spacial score (nSPS) is 14.6. The fraction of sp³-hybridized carbons (Fsp3) is 0.364. The summed E-state index contributed by atoms with van der Waals surface area (Å²) in [6, 6.07) is 5.21. The number of hydrogen-bond acceptors (Lipinski definition) is 2. The van der Waals surface area contributed by atoms with Crippen LogP contribution in [0.15, 0.2) is 36.5 Å². The van der Waals surface area contributed by atoms with E-state index in [0.717, 1.165) is 45.0 Å². The maximum absolute atomic E-state index is 15.2. The minimum atomic E-state index is -4.82. The molecule has 0 unspecified atom stereocenters. The Morgan fingerprint density at radius 3 is 2.39 bits per heavy atom. The second-order valence-electron chi connectivity index (χ2n) is 7.79. The summed E-state index contributed by atoms with van der Waals surface area (Å²) in [5.74, 6) is 0.998. The van der Waals surface area contributed by atoms with Crippen molar-refractivity contribution in [3.05, 3.63) is 63.9 Å². The maximum atomic E-state index is 15.2.